The van der Waals surface area contributed by atoms with Gasteiger partial charge in [0.1, 0.15) is 12.4 Å². The number of esters is 1. The third-order valence-corrected chi connectivity index (χ3v) is 7.22. The summed E-state index contributed by atoms with van der Waals surface area (Å²) in [6.07, 6.45) is 1.81. The molecule has 0 saturated heterocycles. The molecule has 0 bridgehead atoms. The minimum absolute atomic E-state index is 0.0451. The molecule has 0 aromatic heterocycles. The molecule has 5 nitrogen and oxygen atoms in total. The summed E-state index contributed by atoms with van der Waals surface area (Å²) in [7, 11) is 0. The van der Waals surface area contributed by atoms with Crippen LogP contribution in [0.15, 0.2) is 107 Å². The molecule has 1 heterocycles. The topological polar surface area (TPSA) is 64.6 Å². The summed E-state index contributed by atoms with van der Waals surface area (Å²) >= 11 is 0. The minimum Gasteiger partial charge on any atom is -0.489 e. The minimum atomic E-state index is -0.563. The van der Waals surface area contributed by atoms with Crippen LogP contribution in [0.5, 0.6) is 5.75 Å². The van der Waals surface area contributed by atoms with Crippen LogP contribution in [-0.2, 0) is 20.9 Å². The second-order valence-electron chi connectivity index (χ2n) is 9.88. The van der Waals surface area contributed by atoms with Crippen molar-refractivity contribution >= 4 is 11.8 Å². The summed E-state index contributed by atoms with van der Waals surface area (Å²) < 4.78 is 11.9. The molecule has 38 heavy (non-hydrogen) atoms. The van der Waals surface area contributed by atoms with Crippen LogP contribution in [0, 0.1) is 0 Å². The first-order valence-corrected chi connectivity index (χ1v) is 13.3. The predicted molar refractivity (Wildman–Crippen MR) is 147 cm³/mol. The fourth-order valence-electron chi connectivity index (χ4n) is 5.44. The van der Waals surface area contributed by atoms with Crippen molar-refractivity contribution in [2.24, 2.45) is 0 Å². The molecule has 2 aliphatic rings. The maximum Gasteiger partial charge on any atom is 0.336 e. The Labute approximate surface area is 224 Å². The molecular weight excluding hydrogens is 474 g/mol. The Morgan fingerprint density at radius 1 is 0.921 bits per heavy atom. The van der Waals surface area contributed by atoms with Crippen molar-refractivity contribution in [3.63, 3.8) is 0 Å². The number of para-hydroxylation sites is 1. The third-order valence-electron chi connectivity index (χ3n) is 7.22. The van der Waals surface area contributed by atoms with Crippen LogP contribution in [0.3, 0.4) is 0 Å². The van der Waals surface area contributed by atoms with Crippen LogP contribution in [0.4, 0.5) is 0 Å². The summed E-state index contributed by atoms with van der Waals surface area (Å²) in [6, 6.07) is 27.8. The lowest BCUT2D eigenvalue weighted by atomic mass is 9.71. The fraction of sp³-hybridized carbons (Fsp3) is 0.273. The molecule has 5 rings (SSSR count). The highest BCUT2D eigenvalue weighted by atomic mass is 16.5. The molecule has 2 atom stereocenters. The monoisotopic (exact) mass is 507 g/mol. The van der Waals surface area contributed by atoms with E-state index in [-0.39, 0.29) is 11.7 Å². The van der Waals surface area contributed by atoms with Crippen molar-refractivity contribution in [2.45, 2.75) is 51.6 Å². The normalized spacial score (nSPS) is 19.1. The average molecular weight is 508 g/mol. The molecule has 1 N–H and O–H groups in total. The van der Waals surface area contributed by atoms with Gasteiger partial charge >= 0.3 is 5.97 Å². The Morgan fingerprint density at radius 2 is 1.61 bits per heavy atom. The molecule has 1 aliphatic carbocycles. The number of rotatable bonds is 8. The molecule has 1 aliphatic heterocycles. The second kappa shape index (κ2) is 11.5. The molecule has 3 aromatic carbocycles. The van der Waals surface area contributed by atoms with Gasteiger partial charge in [0.25, 0.3) is 0 Å². The quantitative estimate of drug-likeness (QED) is 0.349. The molecule has 5 heteroatoms. The summed E-state index contributed by atoms with van der Waals surface area (Å²) in [6.45, 7) is 4.57. The van der Waals surface area contributed by atoms with E-state index >= 15 is 0 Å². The number of ether oxygens (including phenoxy) is 2. The largest absolute Gasteiger partial charge is 0.489 e. The lowest BCUT2D eigenvalue weighted by molar-refractivity contribution is -0.139. The van der Waals surface area contributed by atoms with E-state index < -0.39 is 11.9 Å². The van der Waals surface area contributed by atoms with Crippen molar-refractivity contribution in [1.29, 1.82) is 0 Å². The molecule has 0 spiro atoms. The molecule has 0 saturated carbocycles. The molecule has 0 unspecified atom stereocenters. The van der Waals surface area contributed by atoms with Crippen LogP contribution < -0.4 is 10.1 Å². The van der Waals surface area contributed by atoms with Gasteiger partial charge in [-0.3, -0.25) is 4.79 Å². The average Bonchev–Trinajstić information content (AvgIpc) is 2.95. The highest BCUT2D eigenvalue weighted by Gasteiger charge is 2.42. The van der Waals surface area contributed by atoms with Gasteiger partial charge in [0.15, 0.2) is 5.78 Å². The fourth-order valence-corrected chi connectivity index (χ4v) is 5.44. The van der Waals surface area contributed by atoms with Gasteiger partial charge < -0.3 is 14.8 Å². The standard InChI is InChI=1S/C33H33NO4/c1-3-18-37-33(36)30-22(2)34-27-19-25(24-14-8-5-9-15-24)20-28(35)32(27)31(30)26-16-10-11-17-29(26)38-21-23-12-6-4-7-13-23/h4-17,25,31,34H,3,18-21H2,1-2H3/t25-,31+/m1/s1. The van der Waals surface area contributed by atoms with E-state index in [9.17, 15) is 9.59 Å². The van der Waals surface area contributed by atoms with E-state index in [1.54, 1.807) is 0 Å². The van der Waals surface area contributed by atoms with Crippen LogP contribution in [0.2, 0.25) is 0 Å². The Balaban J connectivity index is 1.56. The van der Waals surface area contributed by atoms with Crippen molar-refractivity contribution in [2.75, 3.05) is 6.61 Å². The Hall–Kier alpha value is -4.12. The van der Waals surface area contributed by atoms with Gasteiger partial charge in [-0.05, 0) is 42.9 Å². The molecule has 0 amide bonds. The predicted octanol–water partition coefficient (Wildman–Crippen LogP) is 6.58. The first-order chi connectivity index (χ1) is 18.6. The Bertz CT molecular complexity index is 1370. The van der Waals surface area contributed by atoms with Gasteiger partial charge in [-0.15, -0.1) is 0 Å². The van der Waals surface area contributed by atoms with Crippen LogP contribution in [-0.4, -0.2) is 18.4 Å². The first kappa shape index (κ1) is 25.5. The maximum absolute atomic E-state index is 13.9. The number of Topliss-reactive ketones (excluding diaryl/α,β-unsaturated/α-hetero) is 1. The lowest BCUT2D eigenvalue weighted by Crippen LogP contribution is -2.36. The number of nitrogens with one attached hydrogen (secondary N) is 1. The van der Waals surface area contributed by atoms with Gasteiger partial charge in [-0.1, -0.05) is 85.8 Å². The maximum atomic E-state index is 13.9. The summed E-state index contributed by atoms with van der Waals surface area (Å²) in [4.78, 5) is 27.3. The number of ketones is 1. The number of dihydropyridines is 1. The summed E-state index contributed by atoms with van der Waals surface area (Å²) in [5.74, 6) is -0.178. The van der Waals surface area contributed by atoms with Crippen molar-refractivity contribution in [3.8, 4) is 5.75 Å². The van der Waals surface area contributed by atoms with E-state index in [0.29, 0.717) is 48.6 Å². The molecular formula is C33H33NO4. The molecule has 3 aromatic rings. The SMILES string of the molecule is CCCOC(=O)C1=C(C)NC2=C(C(=O)C[C@H](c3ccccc3)C2)[C@H]1c1ccccc1OCc1ccccc1. The van der Waals surface area contributed by atoms with Gasteiger partial charge in [-0.25, -0.2) is 4.79 Å². The first-order valence-electron chi connectivity index (χ1n) is 13.3. The van der Waals surface area contributed by atoms with E-state index in [4.69, 9.17) is 9.47 Å². The second-order valence-corrected chi connectivity index (χ2v) is 9.88. The number of hydrogen-bond acceptors (Lipinski definition) is 5. The van der Waals surface area contributed by atoms with Gasteiger partial charge in [0, 0.05) is 29.0 Å². The van der Waals surface area contributed by atoms with Crippen LogP contribution >= 0.6 is 0 Å². The number of allylic oxidation sites excluding steroid dienone is 3. The smallest absolute Gasteiger partial charge is 0.336 e. The van der Waals surface area contributed by atoms with Crippen LogP contribution in [0.1, 0.15) is 61.6 Å². The summed E-state index contributed by atoms with van der Waals surface area (Å²) in [5.41, 5.74) is 5.69. The zero-order valence-corrected chi connectivity index (χ0v) is 21.9. The van der Waals surface area contributed by atoms with Gasteiger partial charge in [0.2, 0.25) is 0 Å². The molecule has 0 radical (unpaired) electrons. The van der Waals surface area contributed by atoms with E-state index in [1.807, 2.05) is 86.6 Å². The summed E-state index contributed by atoms with van der Waals surface area (Å²) in [5, 5.41) is 3.43. The zero-order valence-electron chi connectivity index (χ0n) is 21.9. The number of hydrogen-bond donors (Lipinski definition) is 1. The van der Waals surface area contributed by atoms with Crippen LogP contribution in [0.25, 0.3) is 0 Å². The Morgan fingerprint density at radius 3 is 2.34 bits per heavy atom. The van der Waals surface area contributed by atoms with E-state index in [0.717, 1.165) is 28.8 Å². The Kier molecular flexibility index (Phi) is 7.73. The number of carbonyl (C=O) groups excluding carboxylic acids is 2. The van der Waals surface area contributed by atoms with Crippen molar-refractivity contribution in [3.05, 3.63) is 124 Å². The highest BCUT2D eigenvalue weighted by Crippen LogP contribution is 2.47. The van der Waals surface area contributed by atoms with E-state index in [2.05, 4.69) is 17.4 Å². The van der Waals surface area contributed by atoms with Gasteiger partial charge in [-0.2, -0.15) is 0 Å². The molecule has 0 fully saturated rings. The zero-order chi connectivity index (χ0) is 26.5. The number of benzene rings is 3. The van der Waals surface area contributed by atoms with Crippen molar-refractivity contribution in [1.82, 2.24) is 5.32 Å². The van der Waals surface area contributed by atoms with E-state index in [1.165, 1.54) is 0 Å². The van der Waals surface area contributed by atoms with Gasteiger partial charge in [0.05, 0.1) is 18.1 Å². The third kappa shape index (κ3) is 5.28. The lowest BCUT2D eigenvalue weighted by Gasteiger charge is -2.37. The highest BCUT2D eigenvalue weighted by molar-refractivity contribution is 6.04. The molecule has 194 valence electrons. The number of carbonyl (C=O) groups is 2. The van der Waals surface area contributed by atoms with Crippen molar-refractivity contribution < 1.29 is 19.1 Å².